The molecule has 0 aliphatic rings. The van der Waals surface area contributed by atoms with E-state index in [0.717, 1.165) is 27.6 Å². The molecule has 2 aromatic heterocycles. The van der Waals surface area contributed by atoms with Crippen molar-refractivity contribution >= 4 is 38.9 Å². The molecule has 0 spiro atoms. The first-order valence-electron chi connectivity index (χ1n) is 9.38. The van der Waals surface area contributed by atoms with Gasteiger partial charge in [0.05, 0.1) is 12.9 Å². The van der Waals surface area contributed by atoms with Crippen molar-refractivity contribution in [1.82, 2.24) is 4.98 Å². The molecule has 152 valence electrons. The van der Waals surface area contributed by atoms with Crippen molar-refractivity contribution in [2.45, 2.75) is 13.8 Å². The van der Waals surface area contributed by atoms with E-state index in [-0.39, 0.29) is 11.7 Å². The highest BCUT2D eigenvalue weighted by atomic mass is 32.1. The summed E-state index contributed by atoms with van der Waals surface area (Å²) in [4.78, 5) is 16.4. The number of allylic oxidation sites excluding steroid dienone is 1. The Hall–Kier alpha value is -3.45. The molecule has 0 atom stereocenters. The minimum atomic E-state index is -0.295. The fraction of sp³-hybridized carbons (Fsp3) is 0.130. The van der Waals surface area contributed by atoms with E-state index in [0.29, 0.717) is 23.1 Å². The number of halogens is 1. The average Bonchev–Trinajstić information content (AvgIpc) is 3.37. The van der Waals surface area contributed by atoms with E-state index in [2.05, 4.69) is 10.3 Å². The Balaban J connectivity index is 1.75. The lowest BCUT2D eigenvalue weighted by Crippen LogP contribution is -2.08. The Morgan fingerprint density at radius 3 is 2.80 bits per heavy atom. The van der Waals surface area contributed by atoms with Crippen molar-refractivity contribution in [3.05, 3.63) is 71.7 Å². The average molecular weight is 422 g/mol. The van der Waals surface area contributed by atoms with Crippen LogP contribution < -0.4 is 10.1 Å². The third kappa shape index (κ3) is 4.11. The number of aromatic nitrogens is 1. The molecule has 5 nitrogen and oxygen atoms in total. The number of nitrogens with one attached hydrogen (secondary N) is 1. The number of hydrogen-bond donors (Lipinski definition) is 1. The van der Waals surface area contributed by atoms with Gasteiger partial charge in [-0.25, -0.2) is 9.37 Å². The van der Waals surface area contributed by atoms with Crippen molar-refractivity contribution < 1.29 is 18.3 Å². The fourth-order valence-electron chi connectivity index (χ4n) is 3.19. The lowest BCUT2D eigenvalue weighted by Gasteiger charge is -2.11. The number of rotatable bonds is 6. The van der Waals surface area contributed by atoms with E-state index in [4.69, 9.17) is 9.15 Å². The number of amides is 1. The summed E-state index contributed by atoms with van der Waals surface area (Å²) in [6.07, 6.45) is 4.79. The summed E-state index contributed by atoms with van der Waals surface area (Å²) in [7, 11) is 0. The van der Waals surface area contributed by atoms with Crippen LogP contribution in [0.15, 0.2) is 64.7 Å². The number of hydrogen-bond acceptors (Lipinski definition) is 5. The summed E-state index contributed by atoms with van der Waals surface area (Å²) in [5.41, 5.74) is 3.85. The fourth-order valence-corrected chi connectivity index (χ4v) is 3.72. The summed E-state index contributed by atoms with van der Waals surface area (Å²) in [6, 6.07) is 10.00. The molecular formula is C23H19FN2O3S. The first kappa shape index (κ1) is 19.8. The van der Waals surface area contributed by atoms with Gasteiger partial charge in [-0.3, -0.25) is 10.1 Å². The number of nitrogens with zero attached hydrogens (tertiary/aromatic N) is 1. The lowest BCUT2D eigenvalue weighted by atomic mass is 9.99. The summed E-state index contributed by atoms with van der Waals surface area (Å²) >= 11 is 1.35. The molecule has 2 heterocycles. The number of thiazole rings is 1. The van der Waals surface area contributed by atoms with Crippen LogP contribution in [0, 0.1) is 5.82 Å². The number of carbonyl (C=O) groups excluding carboxylic acids is 1. The van der Waals surface area contributed by atoms with Crippen LogP contribution in [0.2, 0.25) is 0 Å². The number of ether oxygens (including phenoxy) is 1. The van der Waals surface area contributed by atoms with Gasteiger partial charge in [0.2, 0.25) is 5.91 Å². The van der Waals surface area contributed by atoms with Crippen molar-refractivity contribution in [3.63, 3.8) is 0 Å². The smallest absolute Gasteiger partial charge is 0.250 e. The Morgan fingerprint density at radius 2 is 2.10 bits per heavy atom. The maximum Gasteiger partial charge on any atom is 0.250 e. The van der Waals surface area contributed by atoms with E-state index >= 15 is 0 Å². The van der Waals surface area contributed by atoms with E-state index < -0.39 is 0 Å². The molecular weight excluding hydrogens is 403 g/mol. The van der Waals surface area contributed by atoms with Crippen LogP contribution in [0.5, 0.6) is 5.75 Å². The van der Waals surface area contributed by atoms with Crippen LogP contribution in [-0.2, 0) is 4.79 Å². The molecule has 0 aliphatic carbocycles. The van der Waals surface area contributed by atoms with Gasteiger partial charge >= 0.3 is 0 Å². The summed E-state index contributed by atoms with van der Waals surface area (Å²) in [6.45, 7) is 4.22. The number of anilines is 1. The van der Waals surface area contributed by atoms with E-state index in [9.17, 15) is 9.18 Å². The van der Waals surface area contributed by atoms with Gasteiger partial charge in [0.25, 0.3) is 0 Å². The topological polar surface area (TPSA) is 64.4 Å². The molecule has 0 bridgehead atoms. The number of fused-ring (bicyclic) bond motifs is 1. The zero-order valence-electron chi connectivity index (χ0n) is 16.4. The molecule has 1 N–H and O–H groups in total. The van der Waals surface area contributed by atoms with Crippen molar-refractivity contribution in [1.29, 1.82) is 0 Å². The van der Waals surface area contributed by atoms with Crippen LogP contribution in [0.25, 0.3) is 27.7 Å². The summed E-state index contributed by atoms with van der Waals surface area (Å²) < 4.78 is 24.8. The Bertz CT molecular complexity index is 1210. The van der Waals surface area contributed by atoms with E-state index in [1.807, 2.05) is 26.0 Å². The SMILES string of the molecule is CCOc1cc2occ(-c3ccc(F)cc3)c2cc1/C(C)=C/C(=O)Nc1nccs1. The molecule has 0 fully saturated rings. The Morgan fingerprint density at radius 1 is 1.30 bits per heavy atom. The van der Waals surface area contributed by atoms with Gasteiger partial charge in [-0.15, -0.1) is 11.3 Å². The van der Waals surface area contributed by atoms with Gasteiger partial charge < -0.3 is 9.15 Å². The van der Waals surface area contributed by atoms with E-state index in [1.165, 1.54) is 29.5 Å². The van der Waals surface area contributed by atoms with Gasteiger partial charge in [0.15, 0.2) is 5.13 Å². The predicted octanol–water partition coefficient (Wildman–Crippen LogP) is 6.14. The predicted molar refractivity (Wildman–Crippen MR) is 117 cm³/mol. The zero-order valence-corrected chi connectivity index (χ0v) is 17.3. The molecule has 1 amide bonds. The third-order valence-corrected chi connectivity index (χ3v) is 5.25. The highest BCUT2D eigenvalue weighted by Gasteiger charge is 2.15. The lowest BCUT2D eigenvalue weighted by molar-refractivity contribution is -0.111. The minimum Gasteiger partial charge on any atom is -0.493 e. The highest BCUT2D eigenvalue weighted by Crippen LogP contribution is 2.37. The number of carbonyl (C=O) groups is 1. The third-order valence-electron chi connectivity index (χ3n) is 4.57. The van der Waals surface area contributed by atoms with Gasteiger partial charge in [-0.1, -0.05) is 12.1 Å². The molecule has 0 saturated carbocycles. The molecule has 0 unspecified atom stereocenters. The molecule has 0 saturated heterocycles. The monoisotopic (exact) mass is 422 g/mol. The van der Waals surface area contributed by atoms with Gasteiger partial charge in [0, 0.05) is 40.2 Å². The van der Waals surface area contributed by atoms with Crippen molar-refractivity contribution in [3.8, 4) is 16.9 Å². The van der Waals surface area contributed by atoms with Crippen LogP contribution in [0.3, 0.4) is 0 Å². The second-order valence-corrected chi connectivity index (χ2v) is 7.48. The van der Waals surface area contributed by atoms with Crippen LogP contribution in [-0.4, -0.2) is 17.5 Å². The molecule has 0 aliphatic heterocycles. The molecule has 2 aromatic carbocycles. The molecule has 30 heavy (non-hydrogen) atoms. The van der Waals surface area contributed by atoms with Crippen molar-refractivity contribution in [2.24, 2.45) is 0 Å². The van der Waals surface area contributed by atoms with Crippen LogP contribution in [0.1, 0.15) is 19.4 Å². The molecule has 7 heteroatoms. The highest BCUT2D eigenvalue weighted by molar-refractivity contribution is 7.13. The Labute approximate surface area is 176 Å². The first-order chi connectivity index (χ1) is 14.5. The van der Waals surface area contributed by atoms with Gasteiger partial charge in [0.1, 0.15) is 17.1 Å². The maximum absolute atomic E-state index is 13.3. The standard InChI is InChI=1S/C23H19FN2O3S/c1-3-28-20-12-21-18(19(13-29-21)15-4-6-16(24)7-5-15)11-17(20)14(2)10-22(27)26-23-25-8-9-30-23/h4-13H,3H2,1-2H3,(H,25,26,27)/b14-10+. The molecule has 4 aromatic rings. The molecule has 4 rings (SSSR count). The second kappa shape index (κ2) is 8.51. The molecule has 0 radical (unpaired) electrons. The van der Waals surface area contributed by atoms with Crippen molar-refractivity contribution in [2.75, 3.05) is 11.9 Å². The largest absolute Gasteiger partial charge is 0.493 e. The normalized spacial score (nSPS) is 11.6. The second-order valence-electron chi connectivity index (χ2n) is 6.59. The zero-order chi connectivity index (χ0) is 21.1. The van der Waals surface area contributed by atoms with E-state index in [1.54, 1.807) is 30.0 Å². The first-order valence-corrected chi connectivity index (χ1v) is 10.3. The summed E-state index contributed by atoms with van der Waals surface area (Å²) in [5.74, 6) is 0.0626. The van der Waals surface area contributed by atoms with Crippen LogP contribution >= 0.6 is 11.3 Å². The summed E-state index contributed by atoms with van der Waals surface area (Å²) in [5, 5.41) is 5.94. The number of furan rings is 1. The Kier molecular flexibility index (Phi) is 5.63. The number of benzene rings is 2. The van der Waals surface area contributed by atoms with Crippen LogP contribution in [0.4, 0.5) is 9.52 Å². The van der Waals surface area contributed by atoms with Gasteiger partial charge in [-0.05, 0) is 43.2 Å². The quantitative estimate of drug-likeness (QED) is 0.379. The maximum atomic E-state index is 13.3. The van der Waals surface area contributed by atoms with Gasteiger partial charge in [-0.2, -0.15) is 0 Å². The minimum absolute atomic E-state index is 0.268.